The van der Waals surface area contributed by atoms with Crippen LogP contribution in [0.2, 0.25) is 0 Å². The summed E-state index contributed by atoms with van der Waals surface area (Å²) in [5.74, 6) is 0. The third kappa shape index (κ3) is 53.6. The molecule has 0 aliphatic carbocycles. The predicted octanol–water partition coefficient (Wildman–Crippen LogP) is 11.3. The summed E-state index contributed by atoms with van der Waals surface area (Å²) in [5.41, 5.74) is 0. The first-order valence-electron chi connectivity index (χ1n) is 23.6. The Morgan fingerprint density at radius 1 is 0.145 bits per heavy atom. The topological polar surface area (TPSA) is 83.1 Å². The minimum atomic E-state index is 0.544. The van der Waals surface area contributed by atoms with Crippen LogP contribution in [0, 0.1) is 0 Å². The maximum absolute atomic E-state index is 5.69. The van der Waals surface area contributed by atoms with Crippen LogP contribution in [0.25, 0.3) is 0 Å². The summed E-state index contributed by atoms with van der Waals surface area (Å²) in [5, 5.41) is 0. The minimum absolute atomic E-state index is 0.544. The van der Waals surface area contributed by atoms with Crippen LogP contribution in [-0.2, 0) is 42.6 Å². The zero-order chi connectivity index (χ0) is 39.5. The molecule has 0 amide bonds. The summed E-state index contributed by atoms with van der Waals surface area (Å²) in [6.07, 6.45) is 35.7. The first-order valence-corrected chi connectivity index (χ1v) is 23.6. The molecule has 0 aromatic heterocycles. The maximum atomic E-state index is 5.69. The van der Waals surface area contributed by atoms with Crippen LogP contribution in [0.1, 0.15) is 181 Å². The van der Waals surface area contributed by atoms with Gasteiger partial charge in [-0.2, -0.15) is 0 Å². The van der Waals surface area contributed by atoms with Crippen molar-refractivity contribution < 1.29 is 42.6 Å². The van der Waals surface area contributed by atoms with E-state index in [0.717, 1.165) is 26.1 Å². The van der Waals surface area contributed by atoms with Gasteiger partial charge in [0.1, 0.15) is 0 Å². The van der Waals surface area contributed by atoms with E-state index < -0.39 is 0 Å². The zero-order valence-electron chi connectivity index (χ0n) is 36.8. The Bertz CT molecular complexity index is 591. The summed E-state index contributed by atoms with van der Waals surface area (Å²) in [6.45, 7) is 15.5. The molecule has 0 saturated heterocycles. The van der Waals surface area contributed by atoms with Gasteiger partial charge in [0.25, 0.3) is 0 Å². The SMILES string of the molecule is CCCCCCCCCCCCCCCOCCOCCOCCOCCOCCOCCOCCOCCOCCCCCCCCCCCCCCC. The van der Waals surface area contributed by atoms with Gasteiger partial charge in [0, 0.05) is 13.2 Å². The van der Waals surface area contributed by atoms with Gasteiger partial charge in [-0.25, -0.2) is 0 Å². The second-order valence-corrected chi connectivity index (χ2v) is 15.0. The fraction of sp³-hybridized carbons (Fsp3) is 1.00. The molecule has 0 rings (SSSR count). The van der Waals surface area contributed by atoms with E-state index in [1.165, 1.54) is 154 Å². The quantitative estimate of drug-likeness (QED) is 0.0559. The van der Waals surface area contributed by atoms with E-state index in [4.69, 9.17) is 42.6 Å². The van der Waals surface area contributed by atoms with Gasteiger partial charge < -0.3 is 42.6 Å². The average molecular weight is 791 g/mol. The monoisotopic (exact) mass is 791 g/mol. The average Bonchev–Trinajstić information content (AvgIpc) is 3.20. The zero-order valence-corrected chi connectivity index (χ0v) is 36.8. The van der Waals surface area contributed by atoms with Crippen LogP contribution in [0.4, 0.5) is 0 Å². The van der Waals surface area contributed by atoms with E-state index in [0.29, 0.717) is 106 Å². The van der Waals surface area contributed by atoms with Gasteiger partial charge in [-0.05, 0) is 12.8 Å². The number of hydrogen-bond donors (Lipinski definition) is 0. The van der Waals surface area contributed by atoms with Gasteiger partial charge in [-0.1, -0.05) is 168 Å². The molecule has 0 spiro atoms. The lowest BCUT2D eigenvalue weighted by atomic mass is 10.0. The lowest BCUT2D eigenvalue weighted by Gasteiger charge is -2.09. The van der Waals surface area contributed by atoms with Crippen molar-refractivity contribution in [1.82, 2.24) is 0 Å². The Hall–Kier alpha value is -0.360. The van der Waals surface area contributed by atoms with Crippen molar-refractivity contribution in [2.24, 2.45) is 0 Å². The molecule has 332 valence electrons. The van der Waals surface area contributed by atoms with E-state index in [1.807, 2.05) is 0 Å². The van der Waals surface area contributed by atoms with E-state index >= 15 is 0 Å². The highest BCUT2D eigenvalue weighted by Gasteiger charge is 1.98. The highest BCUT2D eigenvalue weighted by atomic mass is 16.6. The minimum Gasteiger partial charge on any atom is -0.379 e. The molecular weight excluding hydrogens is 696 g/mol. The largest absolute Gasteiger partial charge is 0.379 e. The van der Waals surface area contributed by atoms with Crippen LogP contribution >= 0.6 is 0 Å². The summed E-state index contributed by atoms with van der Waals surface area (Å²) in [7, 11) is 0. The van der Waals surface area contributed by atoms with Gasteiger partial charge in [0.05, 0.1) is 106 Å². The lowest BCUT2D eigenvalue weighted by molar-refractivity contribution is -0.0250. The standard InChI is InChI=1S/C46H94O9/c1-3-5-7-9-11-13-15-17-19-21-23-25-27-29-47-31-33-49-35-37-51-39-41-53-43-45-55-46-44-54-42-40-52-38-36-50-34-32-48-30-28-26-24-22-20-18-16-14-12-10-8-6-4-2/h3-46H2,1-2H3. The molecule has 9 nitrogen and oxygen atoms in total. The first kappa shape index (κ1) is 54.6. The fourth-order valence-electron chi connectivity index (χ4n) is 6.31. The highest BCUT2D eigenvalue weighted by Crippen LogP contribution is 2.14. The molecule has 0 unspecified atom stereocenters. The second kappa shape index (κ2) is 53.6. The number of ether oxygens (including phenoxy) is 9. The molecule has 0 atom stereocenters. The Kier molecular flexibility index (Phi) is 53.3. The summed E-state index contributed by atoms with van der Waals surface area (Å²) >= 11 is 0. The Morgan fingerprint density at radius 3 is 0.436 bits per heavy atom. The number of hydrogen-bond acceptors (Lipinski definition) is 9. The van der Waals surface area contributed by atoms with Crippen molar-refractivity contribution in [3.63, 3.8) is 0 Å². The number of unbranched alkanes of at least 4 members (excludes halogenated alkanes) is 24. The van der Waals surface area contributed by atoms with Crippen LogP contribution < -0.4 is 0 Å². The van der Waals surface area contributed by atoms with E-state index in [9.17, 15) is 0 Å². The van der Waals surface area contributed by atoms with Crippen molar-refractivity contribution in [2.45, 2.75) is 181 Å². The summed E-state index contributed by atoms with van der Waals surface area (Å²) < 4.78 is 50.3. The third-order valence-corrected chi connectivity index (χ3v) is 9.76. The maximum Gasteiger partial charge on any atom is 0.0701 e. The molecule has 0 heterocycles. The Labute approximate surface area is 341 Å². The van der Waals surface area contributed by atoms with Gasteiger partial charge >= 0.3 is 0 Å². The molecule has 0 aromatic rings. The predicted molar refractivity (Wildman–Crippen MR) is 229 cm³/mol. The normalized spacial score (nSPS) is 11.7. The molecule has 55 heavy (non-hydrogen) atoms. The van der Waals surface area contributed by atoms with Crippen LogP contribution in [-0.4, -0.2) is 119 Å². The summed E-state index contributed by atoms with van der Waals surface area (Å²) in [6, 6.07) is 0. The molecule has 0 aliphatic heterocycles. The van der Waals surface area contributed by atoms with Gasteiger partial charge in [0.2, 0.25) is 0 Å². The van der Waals surface area contributed by atoms with Crippen LogP contribution in [0.5, 0.6) is 0 Å². The molecule has 0 fully saturated rings. The fourth-order valence-corrected chi connectivity index (χ4v) is 6.31. The van der Waals surface area contributed by atoms with Crippen molar-refractivity contribution in [1.29, 1.82) is 0 Å². The van der Waals surface area contributed by atoms with Crippen molar-refractivity contribution in [3.05, 3.63) is 0 Å². The smallest absolute Gasteiger partial charge is 0.0701 e. The Balaban J connectivity index is 3.05. The molecular formula is C46H94O9. The second-order valence-electron chi connectivity index (χ2n) is 15.0. The van der Waals surface area contributed by atoms with Crippen LogP contribution in [0.15, 0.2) is 0 Å². The lowest BCUT2D eigenvalue weighted by Crippen LogP contribution is -2.15. The summed E-state index contributed by atoms with van der Waals surface area (Å²) in [4.78, 5) is 0. The first-order chi connectivity index (χ1) is 27.4. The van der Waals surface area contributed by atoms with E-state index in [-0.39, 0.29) is 0 Å². The third-order valence-electron chi connectivity index (χ3n) is 9.76. The molecule has 0 radical (unpaired) electrons. The molecule has 0 bridgehead atoms. The molecule has 0 aliphatic rings. The van der Waals surface area contributed by atoms with Gasteiger partial charge in [-0.15, -0.1) is 0 Å². The van der Waals surface area contributed by atoms with Gasteiger partial charge in [0.15, 0.2) is 0 Å². The molecule has 0 N–H and O–H groups in total. The highest BCUT2D eigenvalue weighted by molar-refractivity contribution is 4.51. The molecule has 0 saturated carbocycles. The van der Waals surface area contributed by atoms with Crippen LogP contribution in [0.3, 0.4) is 0 Å². The molecule has 9 heteroatoms. The Morgan fingerprint density at radius 2 is 0.273 bits per heavy atom. The number of rotatable bonds is 52. The van der Waals surface area contributed by atoms with Crippen molar-refractivity contribution in [3.8, 4) is 0 Å². The van der Waals surface area contributed by atoms with Gasteiger partial charge in [-0.3, -0.25) is 0 Å². The molecule has 0 aromatic carbocycles. The van der Waals surface area contributed by atoms with Crippen molar-refractivity contribution >= 4 is 0 Å². The van der Waals surface area contributed by atoms with Crippen molar-refractivity contribution in [2.75, 3.05) is 119 Å². The van der Waals surface area contributed by atoms with E-state index in [1.54, 1.807) is 0 Å². The van der Waals surface area contributed by atoms with E-state index in [2.05, 4.69) is 13.8 Å².